The van der Waals surface area contributed by atoms with E-state index < -0.39 is 10.8 Å². The molecule has 0 aliphatic rings. The smallest absolute Gasteiger partial charge is 0.270 e. The van der Waals surface area contributed by atoms with Gasteiger partial charge in [0.25, 0.3) is 11.6 Å². The molecule has 21 heavy (non-hydrogen) atoms. The topological polar surface area (TPSA) is 72.2 Å². The van der Waals surface area contributed by atoms with Crippen LogP contribution in [0.4, 0.5) is 11.4 Å². The highest BCUT2D eigenvalue weighted by Crippen LogP contribution is 2.24. The normalized spacial score (nSPS) is 10.2. The molecule has 5 nitrogen and oxygen atoms in total. The molecule has 0 spiro atoms. The van der Waals surface area contributed by atoms with Crippen molar-refractivity contribution < 1.29 is 9.72 Å². The highest BCUT2D eigenvalue weighted by atomic mass is 79.9. The van der Waals surface area contributed by atoms with E-state index in [1.165, 1.54) is 18.2 Å². The Morgan fingerprint density at radius 2 is 1.90 bits per heavy atom. The minimum Gasteiger partial charge on any atom is -0.322 e. The van der Waals surface area contributed by atoms with Crippen LogP contribution >= 0.6 is 15.9 Å². The zero-order valence-corrected chi connectivity index (χ0v) is 13.1. The average Bonchev–Trinajstić information content (AvgIpc) is 2.42. The molecule has 1 amide bonds. The number of nitro benzene ring substituents is 1. The van der Waals surface area contributed by atoms with Crippen molar-refractivity contribution in [3.05, 3.63) is 67.7 Å². The zero-order valence-electron chi connectivity index (χ0n) is 11.5. The van der Waals surface area contributed by atoms with Crippen LogP contribution in [-0.4, -0.2) is 10.8 Å². The van der Waals surface area contributed by atoms with E-state index in [4.69, 9.17) is 0 Å². The molecule has 2 aromatic carbocycles. The third-order valence-corrected chi connectivity index (χ3v) is 3.73. The fourth-order valence-electron chi connectivity index (χ4n) is 1.94. The van der Waals surface area contributed by atoms with Gasteiger partial charge in [0.1, 0.15) is 0 Å². The Bertz CT molecular complexity index is 729. The van der Waals surface area contributed by atoms with Crippen molar-refractivity contribution in [1.82, 2.24) is 0 Å². The summed E-state index contributed by atoms with van der Waals surface area (Å²) in [4.78, 5) is 22.6. The molecule has 2 aromatic rings. The van der Waals surface area contributed by atoms with Crippen LogP contribution in [0.2, 0.25) is 0 Å². The number of amides is 1. The van der Waals surface area contributed by atoms with Gasteiger partial charge in [0.05, 0.1) is 10.5 Å². The van der Waals surface area contributed by atoms with Gasteiger partial charge in [-0.3, -0.25) is 14.9 Å². The lowest BCUT2D eigenvalue weighted by molar-refractivity contribution is -0.384. The molecule has 0 aliphatic heterocycles. The summed E-state index contributed by atoms with van der Waals surface area (Å²) in [6.07, 6.45) is 0. The number of carbonyl (C=O) groups excluding carboxylic acids is 1. The first-order valence-corrected chi connectivity index (χ1v) is 7.00. The van der Waals surface area contributed by atoms with E-state index >= 15 is 0 Å². The molecular weight excluding hydrogens is 336 g/mol. The minimum absolute atomic E-state index is 0.121. The zero-order chi connectivity index (χ0) is 15.6. The monoisotopic (exact) mass is 348 g/mol. The SMILES string of the molecule is Cc1ccc(NC(=O)c2cc([N+](=O)[O-])ccc2Br)c(C)c1. The van der Waals surface area contributed by atoms with E-state index in [1.54, 1.807) is 0 Å². The number of non-ortho nitro benzene ring substituents is 1. The molecule has 0 aromatic heterocycles. The first-order chi connectivity index (χ1) is 9.88. The van der Waals surface area contributed by atoms with Crippen LogP contribution in [0.5, 0.6) is 0 Å². The van der Waals surface area contributed by atoms with Gasteiger partial charge in [-0.1, -0.05) is 17.7 Å². The lowest BCUT2D eigenvalue weighted by Crippen LogP contribution is -2.13. The number of nitro groups is 1. The van der Waals surface area contributed by atoms with Gasteiger partial charge in [0.15, 0.2) is 0 Å². The second kappa shape index (κ2) is 6.05. The quantitative estimate of drug-likeness (QED) is 0.666. The highest BCUT2D eigenvalue weighted by Gasteiger charge is 2.16. The Kier molecular flexibility index (Phi) is 4.37. The molecule has 0 heterocycles. The number of hydrogen-bond acceptors (Lipinski definition) is 3. The van der Waals surface area contributed by atoms with E-state index in [9.17, 15) is 14.9 Å². The number of halogens is 1. The Labute approximate surface area is 130 Å². The van der Waals surface area contributed by atoms with Gasteiger partial charge in [0.2, 0.25) is 0 Å². The average molecular weight is 349 g/mol. The van der Waals surface area contributed by atoms with Gasteiger partial charge < -0.3 is 5.32 Å². The molecular formula is C15H13BrN2O3. The third-order valence-electron chi connectivity index (χ3n) is 3.04. The first-order valence-electron chi connectivity index (χ1n) is 6.21. The predicted octanol–water partition coefficient (Wildman–Crippen LogP) is 4.23. The number of carbonyl (C=O) groups is 1. The molecule has 0 radical (unpaired) electrons. The molecule has 0 bridgehead atoms. The van der Waals surface area contributed by atoms with Crippen molar-refractivity contribution in [2.24, 2.45) is 0 Å². The van der Waals surface area contributed by atoms with Gasteiger partial charge >= 0.3 is 0 Å². The second-order valence-electron chi connectivity index (χ2n) is 4.69. The summed E-state index contributed by atoms with van der Waals surface area (Å²) in [7, 11) is 0. The minimum atomic E-state index is -0.527. The number of hydrogen-bond donors (Lipinski definition) is 1. The summed E-state index contributed by atoms with van der Waals surface area (Å²) in [5.41, 5.74) is 2.82. The van der Waals surface area contributed by atoms with Crippen molar-refractivity contribution in [2.45, 2.75) is 13.8 Å². The molecule has 0 saturated heterocycles. The fourth-order valence-corrected chi connectivity index (χ4v) is 2.37. The lowest BCUT2D eigenvalue weighted by atomic mass is 10.1. The summed E-state index contributed by atoms with van der Waals surface area (Å²) in [6.45, 7) is 3.86. The molecule has 108 valence electrons. The maximum atomic E-state index is 12.3. The fraction of sp³-hybridized carbons (Fsp3) is 0.133. The number of benzene rings is 2. The van der Waals surface area contributed by atoms with Crippen molar-refractivity contribution in [2.75, 3.05) is 5.32 Å². The predicted molar refractivity (Wildman–Crippen MR) is 84.7 cm³/mol. The number of nitrogens with one attached hydrogen (secondary N) is 1. The van der Waals surface area contributed by atoms with E-state index in [0.29, 0.717) is 10.2 Å². The van der Waals surface area contributed by atoms with Crippen molar-refractivity contribution in [3.63, 3.8) is 0 Å². The van der Waals surface area contributed by atoms with Crippen LogP contribution in [-0.2, 0) is 0 Å². The molecule has 0 atom stereocenters. The van der Waals surface area contributed by atoms with Gasteiger partial charge in [-0.25, -0.2) is 0 Å². The van der Waals surface area contributed by atoms with Gasteiger partial charge in [-0.05, 0) is 47.5 Å². The summed E-state index contributed by atoms with van der Waals surface area (Å²) in [5.74, 6) is -0.391. The maximum absolute atomic E-state index is 12.3. The van der Waals surface area contributed by atoms with Crippen LogP contribution in [0.1, 0.15) is 21.5 Å². The molecule has 1 N–H and O–H groups in total. The second-order valence-corrected chi connectivity index (χ2v) is 5.55. The van der Waals surface area contributed by atoms with Crippen molar-refractivity contribution >= 4 is 33.2 Å². The summed E-state index contributed by atoms with van der Waals surface area (Å²) >= 11 is 3.24. The molecule has 0 aliphatic carbocycles. The van der Waals surface area contributed by atoms with E-state index in [-0.39, 0.29) is 11.3 Å². The molecule has 2 rings (SSSR count). The van der Waals surface area contributed by atoms with E-state index in [0.717, 1.165) is 11.1 Å². The highest BCUT2D eigenvalue weighted by molar-refractivity contribution is 9.10. The van der Waals surface area contributed by atoms with Crippen LogP contribution in [0.15, 0.2) is 40.9 Å². The molecule has 0 fully saturated rings. The summed E-state index contributed by atoms with van der Waals surface area (Å²) < 4.78 is 0.510. The number of nitrogens with zero attached hydrogens (tertiary/aromatic N) is 1. The first kappa shape index (κ1) is 15.2. The van der Waals surface area contributed by atoms with Crippen LogP contribution < -0.4 is 5.32 Å². The molecule has 0 saturated carbocycles. The van der Waals surface area contributed by atoms with Crippen molar-refractivity contribution in [1.29, 1.82) is 0 Å². The largest absolute Gasteiger partial charge is 0.322 e. The van der Waals surface area contributed by atoms with Gasteiger partial charge in [0, 0.05) is 22.3 Å². The molecule has 6 heteroatoms. The maximum Gasteiger partial charge on any atom is 0.270 e. The number of aryl methyl sites for hydroxylation is 2. The van der Waals surface area contributed by atoms with Gasteiger partial charge in [-0.2, -0.15) is 0 Å². The number of anilines is 1. The Balaban J connectivity index is 2.32. The van der Waals surface area contributed by atoms with Crippen LogP contribution in [0, 0.1) is 24.0 Å². The Morgan fingerprint density at radius 1 is 1.19 bits per heavy atom. The van der Waals surface area contributed by atoms with Crippen LogP contribution in [0.25, 0.3) is 0 Å². The van der Waals surface area contributed by atoms with Crippen molar-refractivity contribution in [3.8, 4) is 0 Å². The van der Waals surface area contributed by atoms with E-state index in [1.807, 2.05) is 32.0 Å². The van der Waals surface area contributed by atoms with E-state index in [2.05, 4.69) is 21.2 Å². The standard InChI is InChI=1S/C15H13BrN2O3/c1-9-3-6-14(10(2)7-9)17-15(19)12-8-11(18(20)21)4-5-13(12)16/h3-8H,1-2H3,(H,17,19). The Hall–Kier alpha value is -2.21. The van der Waals surface area contributed by atoms with Gasteiger partial charge in [-0.15, -0.1) is 0 Å². The lowest BCUT2D eigenvalue weighted by Gasteiger charge is -2.10. The third kappa shape index (κ3) is 3.46. The Morgan fingerprint density at radius 3 is 2.52 bits per heavy atom. The van der Waals surface area contributed by atoms with Crippen LogP contribution in [0.3, 0.4) is 0 Å². The molecule has 0 unspecified atom stereocenters. The summed E-state index contributed by atoms with van der Waals surface area (Å²) in [6, 6.07) is 9.76. The number of rotatable bonds is 3. The summed E-state index contributed by atoms with van der Waals surface area (Å²) in [5, 5.41) is 13.6.